The number of benzene rings is 2. The van der Waals surface area contributed by atoms with E-state index in [4.69, 9.17) is 14.4 Å². The number of halogens is 2. The van der Waals surface area contributed by atoms with Crippen molar-refractivity contribution >= 4 is 44.2 Å². The fourth-order valence-electron chi connectivity index (χ4n) is 3.84. The Labute approximate surface area is 191 Å². The van der Waals surface area contributed by atoms with Crippen molar-refractivity contribution in [2.24, 2.45) is 4.99 Å². The second-order valence-corrected chi connectivity index (χ2v) is 9.15. The van der Waals surface area contributed by atoms with E-state index in [0.717, 1.165) is 49.7 Å². The Morgan fingerprint density at radius 3 is 2.69 bits per heavy atom. The van der Waals surface area contributed by atoms with Crippen molar-refractivity contribution in [2.75, 3.05) is 0 Å². The molecule has 2 aromatic heterocycles. The molecule has 0 unspecified atom stereocenters. The van der Waals surface area contributed by atoms with Gasteiger partial charge in [0.15, 0.2) is 5.76 Å². The summed E-state index contributed by atoms with van der Waals surface area (Å²) in [5.74, 6) is 0.803. The summed E-state index contributed by atoms with van der Waals surface area (Å²) in [5.41, 5.74) is 7.22. The molecule has 0 saturated carbocycles. The summed E-state index contributed by atoms with van der Waals surface area (Å²) in [6.07, 6.45) is 3.59. The molecule has 2 aromatic carbocycles. The van der Waals surface area contributed by atoms with E-state index in [2.05, 4.69) is 92.5 Å². The van der Waals surface area contributed by atoms with Crippen molar-refractivity contribution in [3.8, 4) is 17.1 Å². The van der Waals surface area contributed by atoms with E-state index in [0.29, 0.717) is 0 Å². The van der Waals surface area contributed by atoms with Gasteiger partial charge in [-0.15, -0.1) is 0 Å². The molecule has 0 saturated heterocycles. The van der Waals surface area contributed by atoms with Crippen molar-refractivity contribution in [2.45, 2.75) is 19.9 Å². The first-order chi connectivity index (χ1) is 14.0. The Morgan fingerprint density at radius 1 is 1.10 bits per heavy atom. The van der Waals surface area contributed by atoms with Crippen molar-refractivity contribution in [1.29, 1.82) is 0 Å². The van der Waals surface area contributed by atoms with Gasteiger partial charge in [-0.05, 0) is 72.3 Å². The maximum atomic E-state index is 5.77. The number of furan rings is 1. The number of aliphatic imine (C=N–C) groups is 1. The minimum atomic E-state index is -0.0887. The summed E-state index contributed by atoms with van der Waals surface area (Å²) in [6.45, 7) is 4.16. The van der Waals surface area contributed by atoms with Crippen molar-refractivity contribution in [3.05, 3.63) is 91.5 Å². The minimum absolute atomic E-state index is 0.0887. The lowest BCUT2D eigenvalue weighted by molar-refractivity contribution is 0.576. The standard InChI is InChI=1S/C23H17BrIN3O/c1-13-9-10-29-23(13)21-22-14(2)27-20(16-5-3-4-6-18(16)25)17-11-15(24)7-8-19(17)28(22)12-26-21/h3-12,14H,1-2H3/t14-/m0/s1. The zero-order valence-corrected chi connectivity index (χ0v) is 19.6. The van der Waals surface area contributed by atoms with Crippen LogP contribution in [0.1, 0.15) is 35.3 Å². The molecule has 0 amide bonds. The highest BCUT2D eigenvalue weighted by Gasteiger charge is 2.28. The van der Waals surface area contributed by atoms with Crippen LogP contribution in [0.5, 0.6) is 0 Å². The average Bonchev–Trinajstić information content (AvgIpc) is 3.30. The molecule has 0 radical (unpaired) electrons. The number of imidazole rings is 1. The lowest BCUT2D eigenvalue weighted by Gasteiger charge is -2.13. The third kappa shape index (κ3) is 3.09. The van der Waals surface area contributed by atoms with Gasteiger partial charge in [-0.25, -0.2) is 4.98 Å². The minimum Gasteiger partial charge on any atom is -0.462 e. The highest BCUT2D eigenvalue weighted by molar-refractivity contribution is 14.1. The van der Waals surface area contributed by atoms with Gasteiger partial charge < -0.3 is 4.42 Å². The third-order valence-corrected chi connectivity index (χ3v) is 6.64. The second-order valence-electron chi connectivity index (χ2n) is 7.08. The Balaban J connectivity index is 1.82. The van der Waals surface area contributed by atoms with Crippen molar-refractivity contribution < 1.29 is 4.42 Å². The van der Waals surface area contributed by atoms with Gasteiger partial charge in [-0.3, -0.25) is 9.56 Å². The number of rotatable bonds is 2. The maximum Gasteiger partial charge on any atom is 0.157 e. The molecule has 5 rings (SSSR count). The second kappa shape index (κ2) is 7.25. The summed E-state index contributed by atoms with van der Waals surface area (Å²) in [6, 6.07) is 16.6. The third-order valence-electron chi connectivity index (χ3n) is 5.20. The van der Waals surface area contributed by atoms with Gasteiger partial charge in [0.1, 0.15) is 12.0 Å². The van der Waals surface area contributed by atoms with Crippen LogP contribution in [0, 0.1) is 10.5 Å². The Kier molecular flexibility index (Phi) is 4.70. The first kappa shape index (κ1) is 18.8. The Hall–Kier alpha value is -2.19. The molecule has 144 valence electrons. The quantitative estimate of drug-likeness (QED) is 0.257. The first-order valence-electron chi connectivity index (χ1n) is 9.29. The van der Waals surface area contributed by atoms with E-state index in [1.54, 1.807) is 6.26 Å². The summed E-state index contributed by atoms with van der Waals surface area (Å²) in [5, 5.41) is 0. The van der Waals surface area contributed by atoms with Gasteiger partial charge in [0.2, 0.25) is 0 Å². The van der Waals surface area contributed by atoms with Crippen LogP contribution < -0.4 is 0 Å². The van der Waals surface area contributed by atoms with Crippen LogP contribution in [0.25, 0.3) is 17.1 Å². The molecule has 1 aliphatic rings. The highest BCUT2D eigenvalue weighted by atomic mass is 127. The van der Waals surface area contributed by atoms with Crippen LogP contribution in [-0.2, 0) is 0 Å². The molecule has 4 aromatic rings. The Bertz CT molecular complexity index is 1270. The lowest BCUT2D eigenvalue weighted by atomic mass is 10.0. The molecular weight excluding hydrogens is 541 g/mol. The van der Waals surface area contributed by atoms with Gasteiger partial charge in [0, 0.05) is 19.2 Å². The lowest BCUT2D eigenvalue weighted by Crippen LogP contribution is -2.08. The van der Waals surface area contributed by atoms with Gasteiger partial charge >= 0.3 is 0 Å². The number of aromatic nitrogens is 2. The van der Waals surface area contributed by atoms with E-state index in [1.165, 1.54) is 3.57 Å². The predicted octanol–water partition coefficient (Wildman–Crippen LogP) is 6.72. The van der Waals surface area contributed by atoms with Crippen LogP contribution in [0.4, 0.5) is 0 Å². The normalized spacial score (nSPS) is 15.4. The Morgan fingerprint density at radius 2 is 1.93 bits per heavy atom. The van der Waals surface area contributed by atoms with Gasteiger partial charge in [-0.1, -0.05) is 34.1 Å². The molecule has 1 aliphatic heterocycles. The molecule has 0 N–H and O–H groups in total. The number of fused-ring (bicyclic) bond motifs is 3. The van der Waals surface area contributed by atoms with Crippen LogP contribution in [0.3, 0.4) is 0 Å². The monoisotopic (exact) mass is 557 g/mol. The average molecular weight is 558 g/mol. The molecule has 6 heteroatoms. The van der Waals surface area contributed by atoms with Crippen LogP contribution in [0.2, 0.25) is 0 Å². The fourth-order valence-corrected chi connectivity index (χ4v) is 4.84. The summed E-state index contributed by atoms with van der Waals surface area (Å²) in [7, 11) is 0. The topological polar surface area (TPSA) is 43.3 Å². The molecule has 0 fully saturated rings. The van der Waals surface area contributed by atoms with Gasteiger partial charge in [0.05, 0.1) is 29.4 Å². The molecule has 3 heterocycles. The fraction of sp³-hybridized carbons (Fsp3) is 0.130. The molecule has 4 nitrogen and oxygen atoms in total. The predicted molar refractivity (Wildman–Crippen MR) is 127 cm³/mol. The SMILES string of the molecule is Cc1ccoc1-c1ncn2c1[C@H](C)N=C(c1ccccc1I)c1cc(Br)ccc1-2. The number of nitrogens with zero attached hydrogens (tertiary/aromatic N) is 3. The molecule has 29 heavy (non-hydrogen) atoms. The highest BCUT2D eigenvalue weighted by Crippen LogP contribution is 2.38. The molecule has 0 bridgehead atoms. The molecular formula is C23H17BrIN3O. The van der Waals surface area contributed by atoms with Crippen molar-refractivity contribution in [1.82, 2.24) is 9.55 Å². The van der Waals surface area contributed by atoms with E-state index in [1.807, 2.05) is 19.3 Å². The largest absolute Gasteiger partial charge is 0.462 e. The van der Waals surface area contributed by atoms with Gasteiger partial charge in [-0.2, -0.15) is 0 Å². The first-order valence-corrected chi connectivity index (χ1v) is 11.2. The summed E-state index contributed by atoms with van der Waals surface area (Å²) < 4.78 is 10.1. The maximum absolute atomic E-state index is 5.77. The van der Waals surface area contributed by atoms with E-state index < -0.39 is 0 Å². The van der Waals surface area contributed by atoms with Crippen LogP contribution in [0.15, 0.2) is 75.0 Å². The zero-order chi connectivity index (χ0) is 20.1. The molecule has 0 aliphatic carbocycles. The van der Waals surface area contributed by atoms with Crippen LogP contribution >= 0.6 is 38.5 Å². The summed E-state index contributed by atoms with van der Waals surface area (Å²) in [4.78, 5) is 9.91. The van der Waals surface area contributed by atoms with E-state index >= 15 is 0 Å². The van der Waals surface area contributed by atoms with E-state index in [9.17, 15) is 0 Å². The number of aryl methyl sites for hydroxylation is 1. The van der Waals surface area contributed by atoms with Crippen molar-refractivity contribution in [3.63, 3.8) is 0 Å². The molecule has 0 spiro atoms. The van der Waals surface area contributed by atoms with Crippen LogP contribution in [-0.4, -0.2) is 15.3 Å². The van der Waals surface area contributed by atoms with E-state index in [-0.39, 0.29) is 6.04 Å². The molecule has 1 atom stereocenters. The number of hydrogen-bond acceptors (Lipinski definition) is 3. The smallest absolute Gasteiger partial charge is 0.157 e. The van der Waals surface area contributed by atoms with Gasteiger partial charge in [0.25, 0.3) is 0 Å². The number of hydrogen-bond donors (Lipinski definition) is 0. The zero-order valence-electron chi connectivity index (χ0n) is 15.9. The summed E-state index contributed by atoms with van der Waals surface area (Å²) >= 11 is 6.02.